The highest BCUT2D eigenvalue weighted by Crippen LogP contribution is 2.40. The van der Waals surface area contributed by atoms with Gasteiger partial charge in [0.15, 0.2) is 12.2 Å². The second-order valence-corrected chi connectivity index (χ2v) is 6.76. The number of carbonyl (C=O) groups excluding carboxylic acids is 5. The average molecular weight is 418 g/mol. The molecule has 11 heteroatoms. The molecule has 11 nitrogen and oxygen atoms in total. The van der Waals surface area contributed by atoms with E-state index in [1.54, 1.807) is 0 Å². The van der Waals surface area contributed by atoms with Gasteiger partial charge in [0.25, 0.3) is 0 Å². The molecular formula is C18H26O11. The van der Waals surface area contributed by atoms with Crippen molar-refractivity contribution in [2.24, 2.45) is 5.92 Å². The SMILES string of the molecule is CC(=O)OC[C@H]1C[C@H](OC(C)=O)[C@@H](OC(C)=O)[C@H](OC(C)=O)[C@@]1(O)COC(C)=O. The molecule has 1 aliphatic carbocycles. The van der Waals surface area contributed by atoms with Gasteiger partial charge in [-0.25, -0.2) is 0 Å². The van der Waals surface area contributed by atoms with Crippen molar-refractivity contribution in [1.82, 2.24) is 0 Å². The van der Waals surface area contributed by atoms with Crippen LogP contribution in [0.5, 0.6) is 0 Å². The zero-order valence-corrected chi connectivity index (χ0v) is 17.0. The summed E-state index contributed by atoms with van der Waals surface area (Å²) in [6.45, 7) is 4.56. The fourth-order valence-electron chi connectivity index (χ4n) is 3.18. The van der Waals surface area contributed by atoms with Crippen LogP contribution in [0, 0.1) is 5.92 Å². The van der Waals surface area contributed by atoms with E-state index in [0.29, 0.717) is 0 Å². The molecule has 1 fully saturated rings. The van der Waals surface area contributed by atoms with Gasteiger partial charge in [-0.1, -0.05) is 0 Å². The first kappa shape index (κ1) is 24.3. The zero-order chi connectivity index (χ0) is 22.4. The topological polar surface area (TPSA) is 152 Å². The van der Waals surface area contributed by atoms with Crippen LogP contribution in [0.25, 0.3) is 0 Å². The number of hydrogen-bond acceptors (Lipinski definition) is 11. The Bertz CT molecular complexity index is 658. The minimum Gasteiger partial charge on any atom is -0.465 e. The van der Waals surface area contributed by atoms with E-state index in [1.807, 2.05) is 0 Å². The molecule has 29 heavy (non-hydrogen) atoms. The fourth-order valence-corrected chi connectivity index (χ4v) is 3.18. The highest BCUT2D eigenvalue weighted by molar-refractivity contribution is 5.69. The van der Waals surface area contributed by atoms with E-state index >= 15 is 0 Å². The second kappa shape index (κ2) is 10.2. The Morgan fingerprint density at radius 1 is 0.793 bits per heavy atom. The number of rotatable bonds is 7. The Labute approximate surface area is 167 Å². The van der Waals surface area contributed by atoms with Gasteiger partial charge in [-0.05, 0) is 6.42 Å². The molecule has 0 aromatic rings. The van der Waals surface area contributed by atoms with Crippen molar-refractivity contribution in [3.8, 4) is 0 Å². The van der Waals surface area contributed by atoms with Gasteiger partial charge in [-0.15, -0.1) is 0 Å². The summed E-state index contributed by atoms with van der Waals surface area (Å²) in [6.07, 6.45) is -4.18. The third-order valence-electron chi connectivity index (χ3n) is 4.29. The molecule has 1 N–H and O–H groups in total. The third kappa shape index (κ3) is 7.00. The van der Waals surface area contributed by atoms with E-state index < -0.39 is 66.3 Å². The monoisotopic (exact) mass is 418 g/mol. The van der Waals surface area contributed by atoms with Crippen molar-refractivity contribution in [3.05, 3.63) is 0 Å². The molecule has 1 saturated carbocycles. The molecule has 0 saturated heterocycles. The molecule has 1 rings (SSSR count). The van der Waals surface area contributed by atoms with Crippen molar-refractivity contribution >= 4 is 29.8 Å². The maximum Gasteiger partial charge on any atom is 0.303 e. The van der Waals surface area contributed by atoms with Crippen LogP contribution in [0.15, 0.2) is 0 Å². The van der Waals surface area contributed by atoms with Gasteiger partial charge in [-0.3, -0.25) is 24.0 Å². The highest BCUT2D eigenvalue weighted by Gasteiger charge is 2.60. The Kier molecular flexibility index (Phi) is 8.56. The van der Waals surface area contributed by atoms with Crippen LogP contribution in [0.1, 0.15) is 41.0 Å². The zero-order valence-electron chi connectivity index (χ0n) is 17.0. The number of carbonyl (C=O) groups is 5. The number of aliphatic hydroxyl groups is 1. The summed E-state index contributed by atoms with van der Waals surface area (Å²) in [5, 5.41) is 11.4. The van der Waals surface area contributed by atoms with Crippen LogP contribution in [-0.2, 0) is 47.7 Å². The van der Waals surface area contributed by atoms with Gasteiger partial charge in [-0.2, -0.15) is 0 Å². The predicted molar refractivity (Wildman–Crippen MR) is 93.0 cm³/mol. The summed E-state index contributed by atoms with van der Waals surface area (Å²) >= 11 is 0. The van der Waals surface area contributed by atoms with Crippen LogP contribution in [-0.4, -0.2) is 72.1 Å². The van der Waals surface area contributed by atoms with E-state index in [9.17, 15) is 29.1 Å². The summed E-state index contributed by atoms with van der Waals surface area (Å²) < 4.78 is 25.5. The van der Waals surface area contributed by atoms with E-state index in [4.69, 9.17) is 23.7 Å². The van der Waals surface area contributed by atoms with Crippen LogP contribution in [0.3, 0.4) is 0 Å². The van der Waals surface area contributed by atoms with E-state index in [0.717, 1.165) is 34.6 Å². The lowest BCUT2D eigenvalue weighted by Crippen LogP contribution is -2.67. The first-order chi connectivity index (χ1) is 13.4. The molecule has 0 aromatic carbocycles. The molecule has 5 atom stereocenters. The van der Waals surface area contributed by atoms with E-state index in [2.05, 4.69) is 0 Å². The van der Waals surface area contributed by atoms with Crippen molar-refractivity contribution < 1.29 is 52.8 Å². The van der Waals surface area contributed by atoms with Crippen molar-refractivity contribution in [2.45, 2.75) is 65.0 Å². The molecule has 164 valence electrons. The van der Waals surface area contributed by atoms with Crippen molar-refractivity contribution in [1.29, 1.82) is 0 Å². The standard InChI is InChI=1S/C18H26O11/c1-9(19)25-7-14-6-15(27-11(3)21)16(28-12(4)22)17(29-13(5)23)18(14,24)8-26-10(2)20/h14-17,24H,6-8H2,1-5H3/t14-,15+,16-,17+,18-/m1/s1. The van der Waals surface area contributed by atoms with Gasteiger partial charge < -0.3 is 28.8 Å². The van der Waals surface area contributed by atoms with Crippen LogP contribution in [0.4, 0.5) is 0 Å². The molecule has 0 amide bonds. The molecule has 0 aromatic heterocycles. The molecule has 0 heterocycles. The van der Waals surface area contributed by atoms with Crippen LogP contribution < -0.4 is 0 Å². The molecule has 0 bridgehead atoms. The molecule has 1 aliphatic rings. The van der Waals surface area contributed by atoms with Gasteiger partial charge in [0.2, 0.25) is 0 Å². The summed E-state index contributed by atoms with van der Waals surface area (Å²) in [5.41, 5.74) is -2.09. The van der Waals surface area contributed by atoms with Gasteiger partial charge >= 0.3 is 29.8 Å². The highest BCUT2D eigenvalue weighted by atomic mass is 16.6. The molecule has 0 unspecified atom stereocenters. The van der Waals surface area contributed by atoms with Gasteiger partial charge in [0.05, 0.1) is 6.61 Å². The molecule has 0 radical (unpaired) electrons. The van der Waals surface area contributed by atoms with Crippen LogP contribution in [0.2, 0.25) is 0 Å². The number of hydrogen-bond donors (Lipinski definition) is 1. The minimum atomic E-state index is -2.09. The Morgan fingerprint density at radius 3 is 1.76 bits per heavy atom. The number of ether oxygens (including phenoxy) is 5. The number of esters is 5. The van der Waals surface area contributed by atoms with E-state index in [-0.39, 0.29) is 13.0 Å². The summed E-state index contributed by atoms with van der Waals surface area (Å²) in [6, 6.07) is 0. The Morgan fingerprint density at radius 2 is 1.31 bits per heavy atom. The quantitative estimate of drug-likeness (QED) is 0.427. The first-order valence-corrected chi connectivity index (χ1v) is 8.87. The normalized spacial score (nSPS) is 28.6. The Hall–Kier alpha value is -2.69. The Balaban J connectivity index is 3.43. The third-order valence-corrected chi connectivity index (χ3v) is 4.29. The first-order valence-electron chi connectivity index (χ1n) is 8.87. The summed E-state index contributed by atoms with van der Waals surface area (Å²) in [5.74, 6) is -4.66. The summed E-state index contributed by atoms with van der Waals surface area (Å²) in [4.78, 5) is 57.4. The smallest absolute Gasteiger partial charge is 0.303 e. The summed E-state index contributed by atoms with van der Waals surface area (Å²) in [7, 11) is 0. The maximum atomic E-state index is 11.7. The van der Waals surface area contributed by atoms with Gasteiger partial charge in [0, 0.05) is 40.5 Å². The largest absolute Gasteiger partial charge is 0.465 e. The minimum absolute atomic E-state index is 0.125. The molecule has 0 aliphatic heterocycles. The fraction of sp³-hybridized carbons (Fsp3) is 0.722. The van der Waals surface area contributed by atoms with E-state index in [1.165, 1.54) is 0 Å². The van der Waals surface area contributed by atoms with Crippen LogP contribution >= 0.6 is 0 Å². The maximum absolute atomic E-state index is 11.7. The predicted octanol–water partition coefficient (Wildman–Crippen LogP) is -0.341. The van der Waals surface area contributed by atoms with Crippen molar-refractivity contribution in [2.75, 3.05) is 13.2 Å². The lowest BCUT2D eigenvalue weighted by Gasteiger charge is -2.49. The lowest BCUT2D eigenvalue weighted by atomic mass is 9.71. The van der Waals surface area contributed by atoms with Crippen molar-refractivity contribution in [3.63, 3.8) is 0 Å². The second-order valence-electron chi connectivity index (χ2n) is 6.76. The lowest BCUT2D eigenvalue weighted by molar-refractivity contribution is -0.253. The molecular weight excluding hydrogens is 392 g/mol. The van der Waals surface area contributed by atoms with Gasteiger partial charge in [0.1, 0.15) is 18.3 Å². The molecule has 0 spiro atoms. The average Bonchev–Trinajstić information content (AvgIpc) is 2.56.